The maximum Gasteiger partial charge on any atom is 0.0217 e. The molecule has 0 spiro atoms. The summed E-state index contributed by atoms with van der Waals surface area (Å²) in [5.74, 6) is 0. The van der Waals surface area contributed by atoms with Gasteiger partial charge in [-0.15, -0.1) is 0 Å². The van der Waals surface area contributed by atoms with Gasteiger partial charge in [-0.3, -0.25) is 0 Å². The SMILES string of the molecule is CC(C)(C)C1(C)CC(N)CN1. The third kappa shape index (κ3) is 1.57. The van der Waals surface area contributed by atoms with Gasteiger partial charge < -0.3 is 11.1 Å². The van der Waals surface area contributed by atoms with E-state index in [2.05, 4.69) is 33.0 Å². The van der Waals surface area contributed by atoms with Gasteiger partial charge in [0.05, 0.1) is 0 Å². The lowest BCUT2D eigenvalue weighted by Crippen LogP contribution is -2.48. The summed E-state index contributed by atoms with van der Waals surface area (Å²) in [6, 6.07) is 0.347. The Kier molecular flexibility index (Phi) is 2.01. The van der Waals surface area contributed by atoms with Gasteiger partial charge in [0.1, 0.15) is 0 Å². The number of rotatable bonds is 0. The first-order valence-corrected chi connectivity index (χ1v) is 4.36. The van der Waals surface area contributed by atoms with Crippen LogP contribution in [0.4, 0.5) is 0 Å². The lowest BCUT2D eigenvalue weighted by molar-refractivity contribution is 0.180. The molecule has 1 saturated heterocycles. The van der Waals surface area contributed by atoms with E-state index in [9.17, 15) is 0 Å². The van der Waals surface area contributed by atoms with Crippen LogP contribution < -0.4 is 11.1 Å². The number of hydrogen-bond donors (Lipinski definition) is 2. The van der Waals surface area contributed by atoms with Crippen molar-refractivity contribution < 1.29 is 0 Å². The zero-order valence-corrected chi connectivity index (χ0v) is 8.07. The summed E-state index contributed by atoms with van der Waals surface area (Å²) in [4.78, 5) is 0. The van der Waals surface area contributed by atoms with Gasteiger partial charge in [-0.25, -0.2) is 0 Å². The van der Waals surface area contributed by atoms with Crippen LogP contribution in [0.15, 0.2) is 0 Å². The van der Waals surface area contributed by atoms with Crippen molar-refractivity contribution in [2.24, 2.45) is 11.1 Å². The van der Waals surface area contributed by atoms with Gasteiger partial charge in [-0.1, -0.05) is 20.8 Å². The van der Waals surface area contributed by atoms with Crippen molar-refractivity contribution in [3.05, 3.63) is 0 Å². The van der Waals surface area contributed by atoms with Crippen LogP contribution in [0.2, 0.25) is 0 Å². The molecule has 11 heavy (non-hydrogen) atoms. The molecule has 2 unspecified atom stereocenters. The lowest BCUT2D eigenvalue weighted by atomic mass is 9.74. The van der Waals surface area contributed by atoms with Crippen LogP contribution in [0.5, 0.6) is 0 Å². The standard InChI is InChI=1S/C9H20N2/c1-8(2,3)9(4)5-7(10)6-11-9/h7,11H,5-6,10H2,1-4H3. The smallest absolute Gasteiger partial charge is 0.0217 e. The molecular formula is C9H20N2. The van der Waals surface area contributed by atoms with E-state index in [1.165, 1.54) is 0 Å². The average Bonchev–Trinajstić information content (AvgIpc) is 2.10. The Morgan fingerprint density at radius 2 is 2.00 bits per heavy atom. The van der Waals surface area contributed by atoms with Crippen molar-refractivity contribution in [1.82, 2.24) is 5.32 Å². The molecule has 2 nitrogen and oxygen atoms in total. The minimum absolute atomic E-state index is 0.229. The summed E-state index contributed by atoms with van der Waals surface area (Å²) >= 11 is 0. The summed E-state index contributed by atoms with van der Waals surface area (Å²) in [6.07, 6.45) is 1.09. The van der Waals surface area contributed by atoms with E-state index in [-0.39, 0.29) is 5.54 Å². The predicted octanol–water partition coefficient (Wildman–Crippen LogP) is 1.11. The zero-order chi connectivity index (χ0) is 8.70. The molecule has 0 amide bonds. The number of nitrogens with one attached hydrogen (secondary N) is 1. The van der Waals surface area contributed by atoms with E-state index in [1.54, 1.807) is 0 Å². The van der Waals surface area contributed by atoms with Crippen molar-refractivity contribution in [3.8, 4) is 0 Å². The second kappa shape index (κ2) is 2.46. The van der Waals surface area contributed by atoms with E-state index in [1.807, 2.05) is 0 Å². The molecule has 0 saturated carbocycles. The van der Waals surface area contributed by atoms with Crippen LogP contribution in [-0.2, 0) is 0 Å². The summed E-state index contributed by atoms with van der Waals surface area (Å²) in [5, 5.41) is 3.50. The monoisotopic (exact) mass is 156 g/mol. The fraction of sp³-hybridized carbons (Fsp3) is 1.00. The Labute approximate surface area is 69.5 Å². The van der Waals surface area contributed by atoms with E-state index >= 15 is 0 Å². The maximum absolute atomic E-state index is 5.84. The van der Waals surface area contributed by atoms with Crippen LogP contribution in [0.3, 0.4) is 0 Å². The van der Waals surface area contributed by atoms with Gasteiger partial charge in [-0.2, -0.15) is 0 Å². The molecule has 66 valence electrons. The molecule has 1 aliphatic rings. The van der Waals surface area contributed by atoms with Crippen LogP contribution >= 0.6 is 0 Å². The Morgan fingerprint density at radius 3 is 2.18 bits per heavy atom. The molecule has 0 aliphatic carbocycles. The van der Waals surface area contributed by atoms with Gasteiger partial charge in [0.2, 0.25) is 0 Å². The molecule has 1 rings (SSSR count). The molecule has 2 atom stereocenters. The van der Waals surface area contributed by atoms with E-state index in [0.717, 1.165) is 13.0 Å². The van der Waals surface area contributed by atoms with Crippen molar-refractivity contribution in [3.63, 3.8) is 0 Å². The van der Waals surface area contributed by atoms with Gasteiger partial charge in [-0.05, 0) is 18.8 Å². The fourth-order valence-corrected chi connectivity index (χ4v) is 1.60. The summed E-state index contributed by atoms with van der Waals surface area (Å²) in [5.41, 5.74) is 6.38. The van der Waals surface area contributed by atoms with Gasteiger partial charge in [0, 0.05) is 18.1 Å². The van der Waals surface area contributed by atoms with Crippen LogP contribution in [0.25, 0.3) is 0 Å². The molecule has 1 aliphatic heterocycles. The van der Waals surface area contributed by atoms with E-state index in [4.69, 9.17) is 5.73 Å². The summed E-state index contributed by atoms with van der Waals surface area (Å²) in [6.45, 7) is 10.0. The lowest BCUT2D eigenvalue weighted by Gasteiger charge is -2.39. The van der Waals surface area contributed by atoms with Gasteiger partial charge >= 0.3 is 0 Å². The minimum Gasteiger partial charge on any atom is -0.326 e. The molecule has 0 aromatic rings. The van der Waals surface area contributed by atoms with Crippen molar-refractivity contribution in [1.29, 1.82) is 0 Å². The number of hydrogen-bond acceptors (Lipinski definition) is 2. The Hall–Kier alpha value is -0.0800. The molecule has 0 aromatic heterocycles. The predicted molar refractivity (Wildman–Crippen MR) is 48.5 cm³/mol. The topological polar surface area (TPSA) is 38.0 Å². The van der Waals surface area contributed by atoms with Crippen molar-refractivity contribution in [2.45, 2.75) is 45.7 Å². The highest BCUT2D eigenvalue weighted by Crippen LogP contribution is 2.36. The highest BCUT2D eigenvalue weighted by molar-refractivity contribution is 5.02. The molecule has 1 fully saturated rings. The minimum atomic E-state index is 0.229. The molecule has 0 radical (unpaired) electrons. The first kappa shape index (κ1) is 9.01. The van der Waals surface area contributed by atoms with Gasteiger partial charge in [0.25, 0.3) is 0 Å². The molecule has 0 bridgehead atoms. The van der Waals surface area contributed by atoms with Crippen molar-refractivity contribution >= 4 is 0 Å². The van der Waals surface area contributed by atoms with Crippen LogP contribution in [0, 0.1) is 5.41 Å². The van der Waals surface area contributed by atoms with Gasteiger partial charge in [0.15, 0.2) is 0 Å². The van der Waals surface area contributed by atoms with E-state index < -0.39 is 0 Å². The highest BCUT2D eigenvalue weighted by atomic mass is 15.1. The average molecular weight is 156 g/mol. The Balaban J connectivity index is 2.69. The maximum atomic E-state index is 5.84. The quantitative estimate of drug-likeness (QED) is 0.551. The number of nitrogens with two attached hydrogens (primary N) is 1. The molecule has 3 N–H and O–H groups in total. The van der Waals surface area contributed by atoms with Crippen molar-refractivity contribution in [2.75, 3.05) is 6.54 Å². The summed E-state index contributed by atoms with van der Waals surface area (Å²) < 4.78 is 0. The largest absolute Gasteiger partial charge is 0.326 e. The van der Waals surface area contributed by atoms with E-state index in [0.29, 0.717) is 11.5 Å². The highest BCUT2D eigenvalue weighted by Gasteiger charge is 2.42. The molecule has 2 heteroatoms. The molecular weight excluding hydrogens is 136 g/mol. The second-order valence-corrected chi connectivity index (χ2v) is 4.93. The molecule has 1 heterocycles. The molecule has 0 aromatic carbocycles. The van der Waals surface area contributed by atoms with Crippen LogP contribution in [-0.4, -0.2) is 18.1 Å². The Morgan fingerprint density at radius 1 is 1.45 bits per heavy atom. The second-order valence-electron chi connectivity index (χ2n) is 4.93. The zero-order valence-electron chi connectivity index (χ0n) is 8.07. The summed E-state index contributed by atoms with van der Waals surface area (Å²) in [7, 11) is 0. The third-order valence-electron chi connectivity index (χ3n) is 3.08. The fourth-order valence-electron chi connectivity index (χ4n) is 1.60. The normalized spacial score (nSPS) is 39.5. The third-order valence-corrected chi connectivity index (χ3v) is 3.08. The first-order valence-electron chi connectivity index (χ1n) is 4.36. The Bertz CT molecular complexity index is 148. The van der Waals surface area contributed by atoms with Crippen LogP contribution in [0.1, 0.15) is 34.1 Å². The first-order chi connectivity index (χ1) is 4.85.